The first-order valence-corrected chi connectivity index (χ1v) is 5.42. The van der Waals surface area contributed by atoms with E-state index in [0.29, 0.717) is 10.0 Å². The molecule has 0 bridgehead atoms. The third-order valence-electron chi connectivity index (χ3n) is 2.67. The van der Waals surface area contributed by atoms with Gasteiger partial charge in [-0.1, -0.05) is 29.3 Å². The average molecular weight is 245 g/mol. The molecule has 80 valence electrons. The highest BCUT2D eigenvalue weighted by molar-refractivity contribution is 6.42. The van der Waals surface area contributed by atoms with Crippen molar-refractivity contribution in [2.45, 2.75) is 12.3 Å². The number of hydrogen-bond donors (Lipinski definition) is 0. The maximum absolute atomic E-state index is 11.2. The number of rotatable bonds is 2. The Bertz CT molecular complexity index is 404. The molecule has 15 heavy (non-hydrogen) atoms. The molecule has 0 aromatic heterocycles. The number of ether oxygens (including phenoxy) is 1. The molecule has 1 aromatic rings. The normalized spacial score (nSPS) is 23.7. The second kappa shape index (κ2) is 4.03. The molecule has 0 heterocycles. The van der Waals surface area contributed by atoms with E-state index in [0.717, 1.165) is 12.0 Å². The molecule has 0 radical (unpaired) electrons. The SMILES string of the molecule is COC(=O)[C@H]1C[C@@H]1c1ccc(Cl)c(Cl)c1. The van der Waals surface area contributed by atoms with E-state index >= 15 is 0 Å². The van der Waals surface area contributed by atoms with Crippen LogP contribution in [0.25, 0.3) is 0 Å². The molecule has 1 aromatic carbocycles. The standard InChI is InChI=1S/C11H10Cl2O2/c1-15-11(14)8-5-7(8)6-2-3-9(12)10(13)4-6/h2-4,7-8H,5H2,1H3/t7-,8+/m1/s1. The van der Waals surface area contributed by atoms with Crippen LogP contribution in [-0.4, -0.2) is 13.1 Å². The van der Waals surface area contributed by atoms with Crippen LogP contribution in [0.2, 0.25) is 10.0 Å². The van der Waals surface area contributed by atoms with Crippen molar-refractivity contribution in [1.82, 2.24) is 0 Å². The van der Waals surface area contributed by atoms with E-state index < -0.39 is 0 Å². The molecule has 1 aliphatic rings. The molecular formula is C11H10Cl2O2. The van der Waals surface area contributed by atoms with E-state index in [1.807, 2.05) is 12.1 Å². The largest absolute Gasteiger partial charge is 0.469 e. The minimum absolute atomic E-state index is 0.00718. The highest BCUT2D eigenvalue weighted by Gasteiger charge is 2.44. The van der Waals surface area contributed by atoms with Gasteiger partial charge in [-0.05, 0) is 30.0 Å². The van der Waals surface area contributed by atoms with Gasteiger partial charge in [-0.3, -0.25) is 4.79 Å². The lowest BCUT2D eigenvalue weighted by Crippen LogP contribution is -2.03. The van der Waals surface area contributed by atoms with Crippen LogP contribution in [0.15, 0.2) is 18.2 Å². The van der Waals surface area contributed by atoms with Gasteiger partial charge in [0, 0.05) is 0 Å². The molecule has 2 rings (SSSR count). The molecule has 0 unspecified atom stereocenters. The number of hydrogen-bond acceptors (Lipinski definition) is 2. The smallest absolute Gasteiger partial charge is 0.309 e. The van der Waals surface area contributed by atoms with Gasteiger partial charge in [0.1, 0.15) is 0 Å². The van der Waals surface area contributed by atoms with Gasteiger partial charge in [0.25, 0.3) is 0 Å². The number of esters is 1. The summed E-state index contributed by atoms with van der Waals surface area (Å²) in [4.78, 5) is 11.2. The first kappa shape index (κ1) is 10.8. The second-order valence-corrected chi connectivity index (χ2v) is 4.46. The van der Waals surface area contributed by atoms with Gasteiger partial charge >= 0.3 is 5.97 Å². The summed E-state index contributed by atoms with van der Waals surface area (Å²) in [5, 5.41) is 1.07. The third kappa shape index (κ3) is 2.11. The van der Waals surface area contributed by atoms with Crippen LogP contribution in [0.5, 0.6) is 0 Å². The predicted molar refractivity (Wildman–Crippen MR) is 59.3 cm³/mol. The van der Waals surface area contributed by atoms with Crippen molar-refractivity contribution in [1.29, 1.82) is 0 Å². The Hall–Kier alpha value is -0.730. The van der Waals surface area contributed by atoms with Crippen LogP contribution >= 0.6 is 23.2 Å². The van der Waals surface area contributed by atoms with Crippen LogP contribution in [0, 0.1) is 5.92 Å². The molecule has 2 nitrogen and oxygen atoms in total. The molecular weight excluding hydrogens is 235 g/mol. The van der Waals surface area contributed by atoms with Gasteiger partial charge in [-0.2, -0.15) is 0 Å². The van der Waals surface area contributed by atoms with E-state index in [-0.39, 0.29) is 17.8 Å². The van der Waals surface area contributed by atoms with Crippen molar-refractivity contribution < 1.29 is 9.53 Å². The molecule has 0 saturated heterocycles. The lowest BCUT2D eigenvalue weighted by atomic mass is 10.1. The summed E-state index contributed by atoms with van der Waals surface area (Å²) in [6.45, 7) is 0. The number of methoxy groups -OCH3 is 1. The van der Waals surface area contributed by atoms with Crippen molar-refractivity contribution in [3.8, 4) is 0 Å². The van der Waals surface area contributed by atoms with Crippen LogP contribution in [0.3, 0.4) is 0 Å². The van der Waals surface area contributed by atoms with Crippen molar-refractivity contribution in [3.63, 3.8) is 0 Å². The van der Waals surface area contributed by atoms with E-state index in [4.69, 9.17) is 23.2 Å². The highest BCUT2D eigenvalue weighted by Crippen LogP contribution is 2.48. The van der Waals surface area contributed by atoms with E-state index in [2.05, 4.69) is 4.74 Å². The summed E-state index contributed by atoms with van der Waals surface area (Å²) in [5.74, 6) is 0.0885. The number of carbonyl (C=O) groups excluding carboxylic acids is 1. The van der Waals surface area contributed by atoms with Gasteiger partial charge in [-0.25, -0.2) is 0 Å². The monoisotopic (exact) mass is 244 g/mol. The topological polar surface area (TPSA) is 26.3 Å². The zero-order valence-electron chi connectivity index (χ0n) is 8.17. The lowest BCUT2D eigenvalue weighted by Gasteiger charge is -2.01. The molecule has 1 aliphatic carbocycles. The van der Waals surface area contributed by atoms with Crippen LogP contribution in [0.1, 0.15) is 17.9 Å². The van der Waals surface area contributed by atoms with E-state index in [1.54, 1.807) is 6.07 Å². The van der Waals surface area contributed by atoms with Gasteiger partial charge in [-0.15, -0.1) is 0 Å². The maximum atomic E-state index is 11.2. The Kier molecular flexibility index (Phi) is 2.89. The fourth-order valence-electron chi connectivity index (χ4n) is 1.72. The fraction of sp³-hybridized carbons (Fsp3) is 0.364. The highest BCUT2D eigenvalue weighted by atomic mass is 35.5. The molecule has 0 aliphatic heterocycles. The fourth-order valence-corrected chi connectivity index (χ4v) is 2.02. The summed E-state index contributed by atoms with van der Waals surface area (Å²) < 4.78 is 4.68. The Morgan fingerprint density at radius 2 is 2.13 bits per heavy atom. The molecule has 1 saturated carbocycles. The van der Waals surface area contributed by atoms with Crippen molar-refractivity contribution in [2.75, 3.05) is 7.11 Å². The van der Waals surface area contributed by atoms with E-state index in [9.17, 15) is 4.79 Å². The number of halogens is 2. The zero-order chi connectivity index (χ0) is 11.0. The molecule has 0 N–H and O–H groups in total. The average Bonchev–Trinajstić information content (AvgIpc) is 3.01. The summed E-state index contributed by atoms with van der Waals surface area (Å²) in [6.07, 6.45) is 0.838. The van der Waals surface area contributed by atoms with E-state index in [1.165, 1.54) is 7.11 Å². The van der Waals surface area contributed by atoms with Crippen LogP contribution in [-0.2, 0) is 9.53 Å². The summed E-state index contributed by atoms with van der Waals surface area (Å²) in [6, 6.07) is 5.48. The third-order valence-corrected chi connectivity index (χ3v) is 3.41. The van der Waals surface area contributed by atoms with Gasteiger partial charge in [0.05, 0.1) is 23.1 Å². The number of benzene rings is 1. The van der Waals surface area contributed by atoms with Crippen molar-refractivity contribution >= 4 is 29.2 Å². The molecule has 0 spiro atoms. The Balaban J connectivity index is 2.13. The maximum Gasteiger partial charge on any atom is 0.309 e. The first-order chi connectivity index (χ1) is 7.13. The summed E-state index contributed by atoms with van der Waals surface area (Å²) in [5.41, 5.74) is 1.06. The van der Waals surface area contributed by atoms with Crippen molar-refractivity contribution in [3.05, 3.63) is 33.8 Å². The Labute approximate surface area is 98.1 Å². The second-order valence-electron chi connectivity index (χ2n) is 3.65. The minimum atomic E-state index is -0.147. The van der Waals surface area contributed by atoms with Gasteiger partial charge < -0.3 is 4.74 Å². The van der Waals surface area contributed by atoms with Crippen LogP contribution in [0.4, 0.5) is 0 Å². The van der Waals surface area contributed by atoms with Gasteiger partial charge in [0.2, 0.25) is 0 Å². The number of carbonyl (C=O) groups is 1. The molecule has 2 atom stereocenters. The quantitative estimate of drug-likeness (QED) is 0.747. The lowest BCUT2D eigenvalue weighted by molar-refractivity contribution is -0.142. The minimum Gasteiger partial charge on any atom is -0.469 e. The Morgan fingerprint density at radius 3 is 2.73 bits per heavy atom. The Morgan fingerprint density at radius 1 is 1.40 bits per heavy atom. The summed E-state index contributed by atoms with van der Waals surface area (Å²) >= 11 is 11.7. The molecule has 1 fully saturated rings. The van der Waals surface area contributed by atoms with Crippen molar-refractivity contribution in [2.24, 2.45) is 5.92 Å². The molecule has 0 amide bonds. The molecule has 4 heteroatoms. The summed E-state index contributed by atoms with van der Waals surface area (Å²) in [7, 11) is 1.41. The van der Waals surface area contributed by atoms with Crippen LogP contribution < -0.4 is 0 Å². The zero-order valence-corrected chi connectivity index (χ0v) is 9.68. The van der Waals surface area contributed by atoms with Gasteiger partial charge in [0.15, 0.2) is 0 Å². The predicted octanol–water partition coefficient (Wildman–Crippen LogP) is 3.27. The first-order valence-electron chi connectivity index (χ1n) is 4.66.